The quantitative estimate of drug-likeness (QED) is 0.376. The highest BCUT2D eigenvalue weighted by atomic mass is 32.2. The molecule has 100 valence electrons. The number of nitrogens with zero attached hydrogens (tertiary/aromatic N) is 1. The van der Waals surface area contributed by atoms with E-state index in [2.05, 4.69) is 5.32 Å². The summed E-state index contributed by atoms with van der Waals surface area (Å²) in [6.45, 7) is 1.30. The number of benzene rings is 1. The number of carbonyl (C=O) groups excluding carboxylic acids is 1. The first kappa shape index (κ1) is 14.7. The molecule has 0 saturated carbocycles. The van der Waals surface area contributed by atoms with E-state index in [0.29, 0.717) is 5.69 Å². The third kappa shape index (κ3) is 3.82. The zero-order valence-corrected chi connectivity index (χ0v) is 11.2. The summed E-state index contributed by atoms with van der Waals surface area (Å²) in [5, 5.41) is 20.0. The number of sulfone groups is 1. The second-order valence-electron chi connectivity index (χ2n) is 3.84. The van der Waals surface area contributed by atoms with Crippen LogP contribution in [0.5, 0.6) is 0 Å². The molecule has 1 aromatic rings. The molecule has 0 fully saturated rings. The SMILES string of the molecule is C/C(C(=O)Nc1ccc(S(C)(=O)=O)cc1)=C(\O)C#N. The Bertz CT molecular complexity index is 667. The van der Waals surface area contributed by atoms with Gasteiger partial charge in [0.2, 0.25) is 5.76 Å². The number of aliphatic hydroxyl groups is 1. The third-order valence-electron chi connectivity index (χ3n) is 2.34. The van der Waals surface area contributed by atoms with Crippen molar-refractivity contribution in [3.8, 4) is 6.07 Å². The second-order valence-corrected chi connectivity index (χ2v) is 5.85. The molecule has 0 atom stereocenters. The van der Waals surface area contributed by atoms with Gasteiger partial charge in [-0.3, -0.25) is 4.79 Å². The summed E-state index contributed by atoms with van der Waals surface area (Å²) in [5.74, 6) is -1.29. The molecule has 0 unspecified atom stereocenters. The van der Waals surface area contributed by atoms with Crippen molar-refractivity contribution in [2.24, 2.45) is 0 Å². The van der Waals surface area contributed by atoms with E-state index in [9.17, 15) is 13.2 Å². The summed E-state index contributed by atoms with van der Waals surface area (Å²) in [6.07, 6.45) is 1.08. The maximum atomic E-state index is 11.6. The lowest BCUT2D eigenvalue weighted by molar-refractivity contribution is -0.112. The number of aliphatic hydroxyl groups excluding tert-OH is 1. The predicted octanol–water partition coefficient (Wildman–Crippen LogP) is 1.38. The minimum Gasteiger partial charge on any atom is -0.499 e. The lowest BCUT2D eigenvalue weighted by Crippen LogP contribution is -2.14. The average molecular weight is 280 g/mol. The molecule has 1 aromatic carbocycles. The Labute approximate surface area is 110 Å². The van der Waals surface area contributed by atoms with E-state index in [1.807, 2.05) is 0 Å². The number of allylic oxidation sites excluding steroid dienone is 1. The number of amides is 1. The first-order chi connectivity index (χ1) is 8.75. The maximum Gasteiger partial charge on any atom is 0.255 e. The molecule has 0 radical (unpaired) electrons. The predicted molar refractivity (Wildman–Crippen MR) is 69.1 cm³/mol. The molecule has 0 spiro atoms. The normalized spacial score (nSPS) is 12.3. The lowest BCUT2D eigenvalue weighted by Gasteiger charge is -2.06. The van der Waals surface area contributed by atoms with E-state index in [1.165, 1.54) is 37.3 Å². The molecule has 0 aromatic heterocycles. The number of hydrogen-bond donors (Lipinski definition) is 2. The van der Waals surface area contributed by atoms with Crippen LogP contribution in [0.4, 0.5) is 5.69 Å². The van der Waals surface area contributed by atoms with Gasteiger partial charge in [-0.05, 0) is 31.2 Å². The third-order valence-corrected chi connectivity index (χ3v) is 3.47. The Morgan fingerprint density at radius 1 is 1.32 bits per heavy atom. The van der Waals surface area contributed by atoms with Gasteiger partial charge in [0.15, 0.2) is 9.84 Å². The van der Waals surface area contributed by atoms with Crippen LogP contribution in [-0.2, 0) is 14.6 Å². The van der Waals surface area contributed by atoms with E-state index in [0.717, 1.165) is 6.26 Å². The van der Waals surface area contributed by atoms with Crippen molar-refractivity contribution < 1.29 is 18.3 Å². The first-order valence-corrected chi connectivity index (χ1v) is 7.06. The zero-order chi connectivity index (χ0) is 14.6. The molecule has 7 heteroatoms. The van der Waals surface area contributed by atoms with Crippen LogP contribution in [0.3, 0.4) is 0 Å². The van der Waals surface area contributed by atoms with Gasteiger partial charge in [-0.15, -0.1) is 0 Å². The number of rotatable bonds is 3. The van der Waals surface area contributed by atoms with Crippen LogP contribution in [0.1, 0.15) is 6.92 Å². The molecule has 1 rings (SSSR count). The van der Waals surface area contributed by atoms with Gasteiger partial charge in [-0.1, -0.05) is 0 Å². The average Bonchev–Trinajstić information content (AvgIpc) is 2.36. The highest BCUT2D eigenvalue weighted by molar-refractivity contribution is 7.90. The van der Waals surface area contributed by atoms with Crippen molar-refractivity contribution in [3.63, 3.8) is 0 Å². The van der Waals surface area contributed by atoms with Crippen molar-refractivity contribution in [2.45, 2.75) is 11.8 Å². The van der Waals surface area contributed by atoms with E-state index in [4.69, 9.17) is 10.4 Å². The highest BCUT2D eigenvalue weighted by Crippen LogP contribution is 2.15. The second kappa shape index (κ2) is 5.54. The summed E-state index contributed by atoms with van der Waals surface area (Å²) in [5.41, 5.74) is 0.247. The summed E-state index contributed by atoms with van der Waals surface area (Å²) in [6, 6.07) is 7.01. The van der Waals surface area contributed by atoms with Crippen LogP contribution in [0.2, 0.25) is 0 Å². The molecule has 0 saturated heterocycles. The minimum absolute atomic E-state index is 0.116. The van der Waals surface area contributed by atoms with Gasteiger partial charge in [-0.25, -0.2) is 8.42 Å². The van der Waals surface area contributed by atoms with Crippen LogP contribution in [0.15, 0.2) is 40.5 Å². The molecular weight excluding hydrogens is 268 g/mol. The minimum atomic E-state index is -3.29. The van der Waals surface area contributed by atoms with Crippen LogP contribution in [-0.4, -0.2) is 25.7 Å². The van der Waals surface area contributed by atoms with Crippen molar-refractivity contribution >= 4 is 21.4 Å². The molecule has 1 amide bonds. The van der Waals surface area contributed by atoms with Gasteiger partial charge in [-0.2, -0.15) is 5.26 Å². The lowest BCUT2D eigenvalue weighted by atomic mass is 10.2. The Morgan fingerprint density at radius 3 is 2.26 bits per heavy atom. The fourth-order valence-corrected chi connectivity index (χ4v) is 1.83. The molecule has 19 heavy (non-hydrogen) atoms. The Balaban J connectivity index is 2.92. The number of hydrogen-bond acceptors (Lipinski definition) is 5. The fourth-order valence-electron chi connectivity index (χ4n) is 1.20. The van der Waals surface area contributed by atoms with E-state index in [-0.39, 0.29) is 10.5 Å². The molecule has 6 nitrogen and oxygen atoms in total. The number of nitrogens with one attached hydrogen (secondary N) is 1. The van der Waals surface area contributed by atoms with Gasteiger partial charge in [0.1, 0.15) is 6.07 Å². The van der Waals surface area contributed by atoms with Crippen LogP contribution < -0.4 is 5.32 Å². The number of anilines is 1. The van der Waals surface area contributed by atoms with Gasteiger partial charge >= 0.3 is 0 Å². The van der Waals surface area contributed by atoms with E-state index in [1.54, 1.807) is 0 Å². The highest BCUT2D eigenvalue weighted by Gasteiger charge is 2.11. The summed E-state index contributed by atoms with van der Waals surface area (Å²) >= 11 is 0. The van der Waals surface area contributed by atoms with E-state index >= 15 is 0 Å². The van der Waals surface area contributed by atoms with Crippen molar-refractivity contribution in [2.75, 3.05) is 11.6 Å². The largest absolute Gasteiger partial charge is 0.499 e. The van der Waals surface area contributed by atoms with Crippen molar-refractivity contribution in [3.05, 3.63) is 35.6 Å². The molecule has 0 heterocycles. The van der Waals surface area contributed by atoms with Crippen LogP contribution in [0, 0.1) is 11.3 Å². The number of carbonyl (C=O) groups is 1. The molecule has 0 aliphatic carbocycles. The number of nitriles is 1. The molecular formula is C12H12N2O4S. The Hall–Kier alpha value is -2.33. The van der Waals surface area contributed by atoms with E-state index < -0.39 is 21.5 Å². The van der Waals surface area contributed by atoms with Gasteiger partial charge in [0.05, 0.1) is 10.5 Å². The molecule has 0 aliphatic heterocycles. The van der Waals surface area contributed by atoms with Crippen molar-refractivity contribution in [1.82, 2.24) is 0 Å². The molecule has 2 N–H and O–H groups in total. The van der Waals surface area contributed by atoms with Crippen LogP contribution >= 0.6 is 0 Å². The molecule has 0 bridgehead atoms. The smallest absolute Gasteiger partial charge is 0.255 e. The summed E-state index contributed by atoms with van der Waals surface area (Å²) < 4.78 is 22.5. The Morgan fingerprint density at radius 2 is 1.84 bits per heavy atom. The maximum absolute atomic E-state index is 11.6. The van der Waals surface area contributed by atoms with Gasteiger partial charge in [0.25, 0.3) is 5.91 Å². The topological polar surface area (TPSA) is 107 Å². The summed E-state index contributed by atoms with van der Waals surface area (Å²) in [4.78, 5) is 11.7. The zero-order valence-electron chi connectivity index (χ0n) is 10.3. The van der Waals surface area contributed by atoms with Gasteiger partial charge < -0.3 is 10.4 Å². The van der Waals surface area contributed by atoms with Crippen LogP contribution in [0.25, 0.3) is 0 Å². The Kier molecular flexibility index (Phi) is 4.30. The first-order valence-electron chi connectivity index (χ1n) is 5.17. The fraction of sp³-hybridized carbons (Fsp3) is 0.167. The summed E-state index contributed by atoms with van der Waals surface area (Å²) in [7, 11) is -3.29. The van der Waals surface area contributed by atoms with Gasteiger partial charge in [0, 0.05) is 11.9 Å². The molecule has 0 aliphatic rings. The monoisotopic (exact) mass is 280 g/mol. The standard InChI is InChI=1S/C12H12N2O4S/c1-8(11(15)7-13)12(16)14-9-3-5-10(6-4-9)19(2,17)18/h3-6,15H,1-2H3,(H,14,16)/b11-8+. The van der Waals surface area contributed by atoms with Crippen molar-refractivity contribution in [1.29, 1.82) is 5.26 Å².